The summed E-state index contributed by atoms with van der Waals surface area (Å²) in [6.07, 6.45) is 5.13. The Labute approximate surface area is 129 Å². The topological polar surface area (TPSA) is 64.9 Å². The standard InChI is InChI=1S/C14H20ClN5O/c1-11(2)6-16-8-13-10-20(19-18-13)3-4-21-14-5-12(15)7-17-9-14/h5,7,9-11,16H,3-4,6,8H2,1-2H3. The van der Waals surface area contributed by atoms with Crippen LogP contribution in [0.1, 0.15) is 19.5 Å². The van der Waals surface area contributed by atoms with Crippen LogP contribution in [-0.2, 0) is 13.1 Å². The van der Waals surface area contributed by atoms with Crippen molar-refractivity contribution in [3.63, 3.8) is 0 Å². The van der Waals surface area contributed by atoms with Crippen LogP contribution >= 0.6 is 11.6 Å². The molecule has 114 valence electrons. The third kappa shape index (κ3) is 5.69. The first-order valence-corrected chi connectivity index (χ1v) is 7.34. The first-order chi connectivity index (χ1) is 10.1. The van der Waals surface area contributed by atoms with E-state index in [9.17, 15) is 0 Å². The molecule has 0 aliphatic heterocycles. The number of aromatic nitrogens is 4. The average molecular weight is 310 g/mol. The van der Waals surface area contributed by atoms with Gasteiger partial charge in [-0.3, -0.25) is 4.98 Å². The van der Waals surface area contributed by atoms with Gasteiger partial charge < -0.3 is 10.1 Å². The van der Waals surface area contributed by atoms with Crippen LogP contribution < -0.4 is 10.1 Å². The van der Waals surface area contributed by atoms with Gasteiger partial charge in [-0.25, -0.2) is 4.68 Å². The lowest BCUT2D eigenvalue weighted by Gasteiger charge is -2.05. The summed E-state index contributed by atoms with van der Waals surface area (Å²) in [6, 6.07) is 1.73. The molecular weight excluding hydrogens is 290 g/mol. The van der Waals surface area contributed by atoms with Crippen molar-refractivity contribution in [1.82, 2.24) is 25.3 Å². The minimum atomic E-state index is 0.490. The Morgan fingerprint density at radius 2 is 2.24 bits per heavy atom. The van der Waals surface area contributed by atoms with E-state index in [1.807, 2.05) is 6.20 Å². The molecule has 2 rings (SSSR count). The number of hydrogen-bond acceptors (Lipinski definition) is 5. The largest absolute Gasteiger partial charge is 0.490 e. The molecule has 0 aliphatic rings. The first kappa shape index (κ1) is 15.7. The molecule has 0 aliphatic carbocycles. The second-order valence-corrected chi connectivity index (χ2v) is 5.62. The van der Waals surface area contributed by atoms with E-state index in [1.54, 1.807) is 23.1 Å². The monoisotopic (exact) mass is 309 g/mol. The Morgan fingerprint density at radius 3 is 3.00 bits per heavy atom. The summed E-state index contributed by atoms with van der Waals surface area (Å²) in [6.45, 7) is 7.17. The number of nitrogens with one attached hydrogen (secondary N) is 1. The lowest BCUT2D eigenvalue weighted by Crippen LogP contribution is -2.19. The van der Waals surface area contributed by atoms with Gasteiger partial charge in [-0.2, -0.15) is 0 Å². The summed E-state index contributed by atoms with van der Waals surface area (Å²) in [7, 11) is 0. The highest BCUT2D eigenvalue weighted by molar-refractivity contribution is 6.30. The molecule has 0 saturated heterocycles. The van der Waals surface area contributed by atoms with E-state index in [0.29, 0.717) is 29.8 Å². The average Bonchev–Trinajstić information content (AvgIpc) is 2.86. The summed E-state index contributed by atoms with van der Waals surface area (Å²) in [5.41, 5.74) is 0.931. The fourth-order valence-corrected chi connectivity index (χ4v) is 1.91. The van der Waals surface area contributed by atoms with Crippen LogP contribution in [0.3, 0.4) is 0 Å². The van der Waals surface area contributed by atoms with E-state index in [2.05, 4.69) is 34.5 Å². The summed E-state index contributed by atoms with van der Waals surface area (Å²) in [5.74, 6) is 1.28. The molecule has 2 heterocycles. The molecule has 1 N–H and O–H groups in total. The molecule has 7 heteroatoms. The van der Waals surface area contributed by atoms with Gasteiger partial charge in [-0.15, -0.1) is 5.10 Å². The number of halogens is 1. The lowest BCUT2D eigenvalue weighted by molar-refractivity contribution is 0.288. The van der Waals surface area contributed by atoms with Gasteiger partial charge in [0.25, 0.3) is 0 Å². The zero-order valence-corrected chi connectivity index (χ0v) is 13.0. The van der Waals surface area contributed by atoms with E-state index < -0.39 is 0 Å². The van der Waals surface area contributed by atoms with Crippen LogP contribution in [0.4, 0.5) is 0 Å². The fraction of sp³-hybridized carbons (Fsp3) is 0.500. The summed E-state index contributed by atoms with van der Waals surface area (Å²) < 4.78 is 7.33. The van der Waals surface area contributed by atoms with Crippen molar-refractivity contribution < 1.29 is 4.74 Å². The Hall–Kier alpha value is -1.66. The maximum Gasteiger partial charge on any atom is 0.139 e. The second kappa shape index (κ2) is 7.95. The second-order valence-electron chi connectivity index (χ2n) is 5.19. The van der Waals surface area contributed by atoms with Crippen molar-refractivity contribution in [2.45, 2.75) is 26.9 Å². The molecule has 0 fully saturated rings. The molecule has 21 heavy (non-hydrogen) atoms. The summed E-state index contributed by atoms with van der Waals surface area (Å²) in [5, 5.41) is 12.1. The maximum absolute atomic E-state index is 5.84. The molecular formula is C14H20ClN5O. The zero-order chi connectivity index (χ0) is 15.1. The van der Waals surface area contributed by atoms with Crippen LogP contribution in [0.5, 0.6) is 5.75 Å². The predicted octanol–water partition coefficient (Wildman–Crippen LogP) is 2.15. The maximum atomic E-state index is 5.84. The van der Waals surface area contributed by atoms with Gasteiger partial charge >= 0.3 is 0 Å². The molecule has 0 spiro atoms. The number of nitrogens with zero attached hydrogens (tertiary/aromatic N) is 4. The number of rotatable bonds is 8. The predicted molar refractivity (Wildman–Crippen MR) is 81.3 cm³/mol. The summed E-state index contributed by atoms with van der Waals surface area (Å²) in [4.78, 5) is 3.96. The van der Waals surface area contributed by atoms with Crippen LogP contribution in [0.25, 0.3) is 0 Å². The van der Waals surface area contributed by atoms with Crippen LogP contribution in [-0.4, -0.2) is 33.1 Å². The fourth-order valence-electron chi connectivity index (χ4n) is 1.75. The van der Waals surface area contributed by atoms with Gasteiger partial charge in [0.2, 0.25) is 0 Å². The minimum absolute atomic E-state index is 0.490. The molecule has 0 bridgehead atoms. The SMILES string of the molecule is CC(C)CNCc1cn(CCOc2cncc(Cl)c2)nn1. The van der Waals surface area contributed by atoms with Crippen molar-refractivity contribution in [2.75, 3.05) is 13.2 Å². The lowest BCUT2D eigenvalue weighted by atomic mass is 10.2. The zero-order valence-electron chi connectivity index (χ0n) is 12.3. The molecule has 0 aromatic carbocycles. The normalized spacial score (nSPS) is 11.0. The van der Waals surface area contributed by atoms with Gasteiger partial charge in [0.05, 0.1) is 23.5 Å². The van der Waals surface area contributed by atoms with Crippen molar-refractivity contribution in [3.05, 3.63) is 35.4 Å². The van der Waals surface area contributed by atoms with E-state index >= 15 is 0 Å². The number of ether oxygens (including phenoxy) is 1. The van der Waals surface area contributed by atoms with Crippen LogP contribution in [0.2, 0.25) is 5.02 Å². The van der Waals surface area contributed by atoms with E-state index in [4.69, 9.17) is 16.3 Å². The van der Waals surface area contributed by atoms with Crippen LogP contribution in [0.15, 0.2) is 24.7 Å². The van der Waals surface area contributed by atoms with Gasteiger partial charge in [0.1, 0.15) is 12.4 Å². The highest BCUT2D eigenvalue weighted by atomic mass is 35.5. The van der Waals surface area contributed by atoms with Crippen molar-refractivity contribution in [3.8, 4) is 5.75 Å². The molecule has 0 atom stereocenters. The quantitative estimate of drug-likeness (QED) is 0.809. The van der Waals surface area contributed by atoms with Gasteiger partial charge in [0, 0.05) is 25.0 Å². The molecule has 2 aromatic heterocycles. The van der Waals surface area contributed by atoms with Gasteiger partial charge in [-0.1, -0.05) is 30.7 Å². The summed E-state index contributed by atoms with van der Waals surface area (Å²) >= 11 is 5.84. The van der Waals surface area contributed by atoms with Gasteiger partial charge in [-0.05, 0) is 12.5 Å². The van der Waals surface area contributed by atoms with Crippen molar-refractivity contribution >= 4 is 11.6 Å². The number of hydrogen-bond donors (Lipinski definition) is 1. The minimum Gasteiger partial charge on any atom is -0.490 e. The third-order valence-corrected chi connectivity index (χ3v) is 2.92. The van der Waals surface area contributed by atoms with E-state index in [-0.39, 0.29) is 0 Å². The molecule has 6 nitrogen and oxygen atoms in total. The first-order valence-electron chi connectivity index (χ1n) is 6.96. The molecule has 0 saturated carbocycles. The van der Waals surface area contributed by atoms with Crippen molar-refractivity contribution in [2.24, 2.45) is 5.92 Å². The molecule has 2 aromatic rings. The highest BCUT2D eigenvalue weighted by Crippen LogP contribution is 2.14. The molecule has 0 radical (unpaired) electrons. The van der Waals surface area contributed by atoms with Gasteiger partial charge in [0.15, 0.2) is 0 Å². The Kier molecular flexibility index (Phi) is 5.95. The number of pyridine rings is 1. The smallest absolute Gasteiger partial charge is 0.139 e. The van der Waals surface area contributed by atoms with E-state index in [1.165, 1.54) is 0 Å². The van der Waals surface area contributed by atoms with Crippen molar-refractivity contribution in [1.29, 1.82) is 0 Å². The Morgan fingerprint density at radius 1 is 1.38 bits per heavy atom. The molecule has 0 unspecified atom stereocenters. The van der Waals surface area contributed by atoms with Crippen LogP contribution in [0, 0.1) is 5.92 Å². The Balaban J connectivity index is 1.72. The highest BCUT2D eigenvalue weighted by Gasteiger charge is 2.02. The molecule has 0 amide bonds. The Bertz CT molecular complexity index is 558. The van der Waals surface area contributed by atoms with E-state index in [0.717, 1.165) is 18.8 Å². The third-order valence-electron chi connectivity index (χ3n) is 2.71.